The van der Waals surface area contributed by atoms with Crippen LogP contribution < -0.4 is 10.6 Å². The highest BCUT2D eigenvalue weighted by Crippen LogP contribution is 1.95. The van der Waals surface area contributed by atoms with E-state index in [1.807, 2.05) is 0 Å². The van der Waals surface area contributed by atoms with E-state index in [4.69, 9.17) is 0 Å². The summed E-state index contributed by atoms with van der Waals surface area (Å²) in [4.78, 5) is 22.3. The van der Waals surface area contributed by atoms with Crippen LogP contribution in [0.3, 0.4) is 0 Å². The molecule has 6 heteroatoms. The summed E-state index contributed by atoms with van der Waals surface area (Å²) < 4.78 is 10.9. The summed E-state index contributed by atoms with van der Waals surface area (Å²) in [6.07, 6.45) is 1.97. The average molecular weight is 234 g/mol. The fraction of sp³-hybridized carbons (Fsp3) is 0.778. The molecule has 2 unspecified atom stereocenters. The second-order valence-corrected chi connectivity index (χ2v) is 4.77. The third kappa shape index (κ3) is 7.07. The van der Waals surface area contributed by atoms with Gasteiger partial charge in [-0.2, -0.15) is 0 Å². The Kier molecular flexibility index (Phi) is 6.94. The first-order valence-corrected chi connectivity index (χ1v) is 6.55. The molecule has 0 aliphatic heterocycles. The number of carbonyl (C=O) groups is 2. The number of amides is 2. The highest BCUT2D eigenvalue weighted by atomic mass is 32.2. The fourth-order valence-electron chi connectivity index (χ4n) is 1.10. The normalized spacial score (nSPS) is 14.1. The zero-order valence-electron chi connectivity index (χ0n) is 9.33. The molecular formula is C9H18N2O3S. The fourth-order valence-corrected chi connectivity index (χ4v) is 1.66. The minimum Gasteiger partial charge on any atom is -0.355 e. The Balaban J connectivity index is 4.23. The standard InChI is InChI=1S/C9H18N2O3S/c1-4-10-9(13)8(11-7(2)12)5-6-15(3)14/h8H,4-6H2,1-3H3,(H,10,13)(H,11,12). The second-order valence-electron chi connectivity index (χ2n) is 3.21. The second kappa shape index (κ2) is 7.39. The molecule has 0 heterocycles. The number of rotatable bonds is 6. The molecule has 0 radical (unpaired) electrons. The van der Waals surface area contributed by atoms with Crippen molar-refractivity contribution in [2.75, 3.05) is 18.6 Å². The van der Waals surface area contributed by atoms with Crippen LogP contribution in [0.1, 0.15) is 20.3 Å². The van der Waals surface area contributed by atoms with Gasteiger partial charge in [-0.3, -0.25) is 13.8 Å². The van der Waals surface area contributed by atoms with Gasteiger partial charge in [0.1, 0.15) is 6.04 Å². The molecule has 0 aliphatic rings. The number of hydrogen-bond donors (Lipinski definition) is 2. The summed E-state index contributed by atoms with van der Waals surface area (Å²) in [7, 11) is -0.953. The van der Waals surface area contributed by atoms with Crippen LogP contribution in [0.2, 0.25) is 0 Å². The first kappa shape index (κ1) is 14.1. The van der Waals surface area contributed by atoms with Gasteiger partial charge in [-0.1, -0.05) is 0 Å². The number of likely N-dealkylation sites (N-methyl/N-ethyl adjacent to an activating group) is 1. The third-order valence-electron chi connectivity index (χ3n) is 1.74. The Labute approximate surface area is 92.5 Å². The maximum absolute atomic E-state index is 11.5. The van der Waals surface area contributed by atoms with E-state index < -0.39 is 16.8 Å². The first-order chi connectivity index (χ1) is 6.97. The van der Waals surface area contributed by atoms with Crippen molar-refractivity contribution in [3.05, 3.63) is 0 Å². The van der Waals surface area contributed by atoms with Crippen LogP contribution >= 0.6 is 0 Å². The molecule has 0 saturated heterocycles. The lowest BCUT2D eigenvalue weighted by Gasteiger charge is -2.16. The van der Waals surface area contributed by atoms with Crippen LogP contribution in [0.5, 0.6) is 0 Å². The SMILES string of the molecule is CCNC(=O)C(CCS(C)=O)NC(C)=O. The largest absolute Gasteiger partial charge is 0.355 e. The van der Waals surface area contributed by atoms with Gasteiger partial charge in [0.2, 0.25) is 11.8 Å². The Morgan fingerprint density at radius 3 is 2.40 bits per heavy atom. The summed E-state index contributed by atoms with van der Waals surface area (Å²) in [5.41, 5.74) is 0. The molecule has 15 heavy (non-hydrogen) atoms. The van der Waals surface area contributed by atoms with Crippen molar-refractivity contribution in [3.63, 3.8) is 0 Å². The van der Waals surface area contributed by atoms with Crippen LogP contribution in [0, 0.1) is 0 Å². The maximum atomic E-state index is 11.5. The summed E-state index contributed by atoms with van der Waals surface area (Å²) in [5, 5.41) is 5.16. The Morgan fingerprint density at radius 1 is 1.40 bits per heavy atom. The van der Waals surface area contributed by atoms with Gasteiger partial charge in [0.25, 0.3) is 0 Å². The summed E-state index contributed by atoms with van der Waals surface area (Å²) in [5.74, 6) is -0.0754. The Hall–Kier alpha value is -0.910. The van der Waals surface area contributed by atoms with Gasteiger partial charge in [-0.05, 0) is 13.3 Å². The van der Waals surface area contributed by atoms with Gasteiger partial charge in [-0.15, -0.1) is 0 Å². The number of hydrogen-bond acceptors (Lipinski definition) is 3. The summed E-state index contributed by atoms with van der Waals surface area (Å²) in [6, 6.07) is -0.577. The van der Waals surface area contributed by atoms with E-state index in [9.17, 15) is 13.8 Å². The van der Waals surface area contributed by atoms with Gasteiger partial charge in [0, 0.05) is 36.3 Å². The molecule has 5 nitrogen and oxygen atoms in total. The zero-order chi connectivity index (χ0) is 11.8. The van der Waals surface area contributed by atoms with Crippen molar-refractivity contribution in [3.8, 4) is 0 Å². The highest BCUT2D eigenvalue weighted by molar-refractivity contribution is 7.84. The molecule has 0 rings (SSSR count). The van der Waals surface area contributed by atoms with E-state index in [1.165, 1.54) is 6.92 Å². The zero-order valence-corrected chi connectivity index (χ0v) is 10.1. The molecule has 88 valence electrons. The van der Waals surface area contributed by atoms with E-state index >= 15 is 0 Å². The first-order valence-electron chi connectivity index (χ1n) is 4.82. The van der Waals surface area contributed by atoms with Crippen molar-refractivity contribution in [1.82, 2.24) is 10.6 Å². The van der Waals surface area contributed by atoms with E-state index in [0.29, 0.717) is 18.7 Å². The van der Waals surface area contributed by atoms with Crippen LogP contribution in [0.4, 0.5) is 0 Å². The number of carbonyl (C=O) groups excluding carboxylic acids is 2. The molecule has 0 fully saturated rings. The topological polar surface area (TPSA) is 75.3 Å². The quantitative estimate of drug-likeness (QED) is 0.644. The van der Waals surface area contributed by atoms with Crippen molar-refractivity contribution in [2.45, 2.75) is 26.3 Å². The van der Waals surface area contributed by atoms with E-state index in [0.717, 1.165) is 0 Å². The minimum absolute atomic E-state index is 0.224. The molecule has 0 aromatic carbocycles. The van der Waals surface area contributed by atoms with Crippen molar-refractivity contribution in [2.24, 2.45) is 0 Å². The summed E-state index contributed by atoms with van der Waals surface area (Å²) >= 11 is 0. The molecule has 2 atom stereocenters. The minimum atomic E-state index is -0.953. The molecule has 0 aromatic heterocycles. The highest BCUT2D eigenvalue weighted by Gasteiger charge is 2.18. The molecular weight excluding hydrogens is 216 g/mol. The molecule has 0 bridgehead atoms. The Bertz CT molecular complexity index is 256. The lowest BCUT2D eigenvalue weighted by Crippen LogP contribution is -2.46. The van der Waals surface area contributed by atoms with E-state index in [-0.39, 0.29) is 11.8 Å². The van der Waals surface area contributed by atoms with Crippen molar-refractivity contribution in [1.29, 1.82) is 0 Å². The maximum Gasteiger partial charge on any atom is 0.242 e. The lowest BCUT2D eigenvalue weighted by molar-refractivity contribution is -0.128. The molecule has 0 aromatic rings. The van der Waals surface area contributed by atoms with Crippen molar-refractivity contribution >= 4 is 22.6 Å². The molecule has 0 saturated carbocycles. The molecule has 0 spiro atoms. The van der Waals surface area contributed by atoms with Crippen LogP contribution in [0.15, 0.2) is 0 Å². The van der Waals surface area contributed by atoms with Gasteiger partial charge in [0.05, 0.1) is 0 Å². The van der Waals surface area contributed by atoms with E-state index in [2.05, 4.69) is 10.6 Å². The summed E-state index contributed by atoms with van der Waals surface area (Å²) in [6.45, 7) is 3.68. The number of nitrogens with one attached hydrogen (secondary N) is 2. The van der Waals surface area contributed by atoms with E-state index in [1.54, 1.807) is 13.2 Å². The molecule has 2 N–H and O–H groups in total. The van der Waals surface area contributed by atoms with Gasteiger partial charge < -0.3 is 10.6 Å². The van der Waals surface area contributed by atoms with Crippen LogP contribution in [-0.2, 0) is 20.4 Å². The average Bonchev–Trinajstić information content (AvgIpc) is 2.11. The molecule has 0 aliphatic carbocycles. The van der Waals surface area contributed by atoms with Crippen molar-refractivity contribution < 1.29 is 13.8 Å². The van der Waals surface area contributed by atoms with Crippen LogP contribution in [0.25, 0.3) is 0 Å². The third-order valence-corrected chi connectivity index (χ3v) is 2.55. The van der Waals surface area contributed by atoms with Gasteiger partial charge >= 0.3 is 0 Å². The predicted molar refractivity (Wildman–Crippen MR) is 59.8 cm³/mol. The lowest BCUT2D eigenvalue weighted by atomic mass is 10.2. The molecule has 2 amide bonds. The van der Waals surface area contributed by atoms with Gasteiger partial charge in [0.15, 0.2) is 0 Å². The Morgan fingerprint density at radius 2 is 2.00 bits per heavy atom. The smallest absolute Gasteiger partial charge is 0.242 e. The monoisotopic (exact) mass is 234 g/mol. The van der Waals surface area contributed by atoms with Crippen LogP contribution in [-0.4, -0.2) is 40.6 Å². The predicted octanol–water partition coefficient (Wildman–Crippen LogP) is -0.604. The van der Waals surface area contributed by atoms with Gasteiger partial charge in [-0.25, -0.2) is 0 Å².